The number of hydrogen-bond acceptors (Lipinski definition) is 4. The Morgan fingerprint density at radius 2 is 2.16 bits per heavy atom. The summed E-state index contributed by atoms with van der Waals surface area (Å²) in [6.07, 6.45) is 0. The Morgan fingerprint density at radius 3 is 2.80 bits per heavy atom. The van der Waals surface area contributed by atoms with E-state index in [0.29, 0.717) is 38.0 Å². The summed E-state index contributed by atoms with van der Waals surface area (Å²) in [5.74, 6) is 0.153. The van der Waals surface area contributed by atoms with Crippen molar-refractivity contribution in [2.75, 3.05) is 5.32 Å². The number of hydrogen-bond donors (Lipinski definition) is 3. The number of rotatable bonds is 3. The van der Waals surface area contributed by atoms with E-state index in [0.717, 1.165) is 0 Å². The molecule has 0 radical (unpaired) electrons. The molecule has 1 aliphatic heterocycles. The Balaban J connectivity index is 1.97. The Hall–Kier alpha value is -2.26. The van der Waals surface area contributed by atoms with Crippen LogP contribution in [0.1, 0.15) is 24.3 Å². The lowest BCUT2D eigenvalue weighted by Crippen LogP contribution is -2.45. The number of benzene rings is 1. The predicted molar refractivity (Wildman–Crippen MR) is 98.3 cm³/mol. The lowest BCUT2D eigenvalue weighted by molar-refractivity contribution is -0.113. The zero-order valence-electron chi connectivity index (χ0n) is 13.3. The first-order chi connectivity index (χ1) is 11.8. The van der Waals surface area contributed by atoms with Crippen LogP contribution in [0, 0.1) is 12.7 Å². The van der Waals surface area contributed by atoms with Crippen LogP contribution in [-0.4, -0.2) is 16.2 Å². The lowest BCUT2D eigenvalue weighted by Gasteiger charge is -2.30. The highest BCUT2D eigenvalue weighted by Gasteiger charge is 2.30. The van der Waals surface area contributed by atoms with Gasteiger partial charge >= 0.3 is 0 Å². The van der Waals surface area contributed by atoms with Gasteiger partial charge < -0.3 is 20.5 Å². The molecular weight excluding hydrogens is 411 g/mol. The molecule has 3 N–H and O–H groups in total. The van der Waals surface area contributed by atoms with Gasteiger partial charge in [-0.25, -0.2) is 4.39 Å². The van der Waals surface area contributed by atoms with Crippen LogP contribution in [0.3, 0.4) is 0 Å². The molecule has 2 aromatic rings. The molecule has 0 bridgehead atoms. The summed E-state index contributed by atoms with van der Waals surface area (Å²) in [7, 11) is 0. The maximum absolute atomic E-state index is 13.5. The van der Waals surface area contributed by atoms with Gasteiger partial charge in [-0.05, 0) is 59.7 Å². The number of aromatic nitrogens is 1. The van der Waals surface area contributed by atoms with Crippen molar-refractivity contribution in [3.05, 3.63) is 57.1 Å². The minimum atomic E-state index is -0.529. The van der Waals surface area contributed by atoms with Crippen LogP contribution in [-0.2, 0) is 4.79 Å². The minimum absolute atomic E-state index is 0.306. The highest BCUT2D eigenvalue weighted by atomic mass is 79.9. The molecule has 9 heteroatoms. The van der Waals surface area contributed by atoms with Crippen LogP contribution < -0.4 is 16.0 Å². The van der Waals surface area contributed by atoms with Gasteiger partial charge in [0, 0.05) is 11.8 Å². The van der Waals surface area contributed by atoms with Crippen LogP contribution in [0.5, 0.6) is 0 Å². The third-order valence-corrected chi connectivity index (χ3v) is 4.49. The number of nitrogens with zero attached hydrogens (tertiary/aromatic N) is 1. The topological polar surface area (TPSA) is 79.2 Å². The molecule has 1 aromatic carbocycles. The van der Waals surface area contributed by atoms with Crippen LogP contribution >= 0.6 is 28.1 Å². The summed E-state index contributed by atoms with van der Waals surface area (Å²) in [6, 6.07) is 5.64. The molecule has 0 aliphatic carbocycles. The summed E-state index contributed by atoms with van der Waals surface area (Å²) in [4.78, 5) is 12.8. The molecule has 0 spiro atoms. The standard InChI is InChI=1S/C16H14BrFN4O2S/c1-7-5-12(22-24-7)20-15(23)13-8(2)19-16(25)21-14(13)9-3-4-11(18)10(17)6-9/h3-6,14H,1-2H3,(H2,19,21,25)(H,20,22,23). The molecule has 0 fully saturated rings. The van der Waals surface area contributed by atoms with Gasteiger partial charge in [-0.1, -0.05) is 11.2 Å². The fourth-order valence-corrected chi connectivity index (χ4v) is 3.21. The third-order valence-electron chi connectivity index (χ3n) is 3.66. The number of carbonyl (C=O) groups is 1. The number of nitrogens with one attached hydrogen (secondary N) is 3. The zero-order chi connectivity index (χ0) is 18.1. The first-order valence-electron chi connectivity index (χ1n) is 7.33. The molecule has 25 heavy (non-hydrogen) atoms. The van der Waals surface area contributed by atoms with Crippen molar-refractivity contribution in [3.63, 3.8) is 0 Å². The minimum Gasteiger partial charge on any atom is -0.360 e. The van der Waals surface area contributed by atoms with Gasteiger partial charge in [0.05, 0.1) is 16.1 Å². The Morgan fingerprint density at radius 1 is 1.40 bits per heavy atom. The molecule has 130 valence electrons. The van der Waals surface area contributed by atoms with E-state index in [4.69, 9.17) is 16.7 Å². The zero-order valence-corrected chi connectivity index (χ0v) is 15.7. The van der Waals surface area contributed by atoms with Gasteiger partial charge in [0.1, 0.15) is 11.6 Å². The first kappa shape index (κ1) is 17.6. The fraction of sp³-hybridized carbons (Fsp3) is 0.188. The Labute approximate surface area is 157 Å². The number of anilines is 1. The second-order valence-corrected chi connectivity index (χ2v) is 6.78. The van der Waals surface area contributed by atoms with Gasteiger partial charge in [-0.15, -0.1) is 0 Å². The number of halogens is 2. The van der Waals surface area contributed by atoms with E-state index in [2.05, 4.69) is 37.0 Å². The molecule has 1 aliphatic rings. The van der Waals surface area contributed by atoms with E-state index < -0.39 is 6.04 Å². The molecule has 3 rings (SSSR count). The van der Waals surface area contributed by atoms with Gasteiger partial charge in [0.15, 0.2) is 10.9 Å². The summed E-state index contributed by atoms with van der Waals surface area (Å²) >= 11 is 8.36. The second-order valence-electron chi connectivity index (χ2n) is 5.52. The molecule has 1 unspecified atom stereocenters. The number of amides is 1. The second kappa shape index (κ2) is 6.93. The highest BCUT2D eigenvalue weighted by Crippen LogP contribution is 2.30. The molecule has 1 aromatic heterocycles. The van der Waals surface area contributed by atoms with Crippen molar-refractivity contribution in [2.45, 2.75) is 19.9 Å². The van der Waals surface area contributed by atoms with E-state index >= 15 is 0 Å². The van der Waals surface area contributed by atoms with Crippen molar-refractivity contribution in [1.29, 1.82) is 0 Å². The van der Waals surface area contributed by atoms with Crippen molar-refractivity contribution in [3.8, 4) is 0 Å². The number of allylic oxidation sites excluding steroid dienone is 1. The SMILES string of the molecule is CC1=C(C(=O)Nc2cc(C)on2)C(c2ccc(F)c(Br)c2)NC(=S)N1. The summed E-state index contributed by atoms with van der Waals surface area (Å²) < 4.78 is 18.8. The average Bonchev–Trinajstić information content (AvgIpc) is 2.94. The molecule has 1 atom stereocenters. The summed E-state index contributed by atoms with van der Waals surface area (Å²) in [5.41, 5.74) is 1.72. The van der Waals surface area contributed by atoms with E-state index in [1.165, 1.54) is 6.07 Å². The molecule has 0 saturated carbocycles. The van der Waals surface area contributed by atoms with Gasteiger partial charge in [-0.3, -0.25) is 4.79 Å². The maximum atomic E-state index is 13.5. The van der Waals surface area contributed by atoms with Gasteiger partial charge in [0.25, 0.3) is 5.91 Å². The Kier molecular flexibility index (Phi) is 4.87. The maximum Gasteiger partial charge on any atom is 0.257 e. The largest absolute Gasteiger partial charge is 0.360 e. The van der Waals surface area contributed by atoms with Crippen molar-refractivity contribution in [1.82, 2.24) is 15.8 Å². The van der Waals surface area contributed by atoms with Crippen LogP contribution in [0.25, 0.3) is 0 Å². The molecule has 6 nitrogen and oxygen atoms in total. The number of carbonyl (C=O) groups excluding carboxylic acids is 1. The molecule has 1 amide bonds. The number of aryl methyl sites for hydroxylation is 1. The van der Waals surface area contributed by atoms with E-state index in [1.807, 2.05) is 0 Å². The van der Waals surface area contributed by atoms with Crippen molar-refractivity contribution >= 4 is 45.0 Å². The smallest absolute Gasteiger partial charge is 0.257 e. The first-order valence-corrected chi connectivity index (χ1v) is 8.53. The van der Waals surface area contributed by atoms with Crippen LogP contribution in [0.2, 0.25) is 0 Å². The number of thiocarbonyl (C=S) groups is 1. The average molecular weight is 425 g/mol. The predicted octanol–water partition coefficient (Wildman–Crippen LogP) is 3.32. The van der Waals surface area contributed by atoms with Gasteiger partial charge in [-0.2, -0.15) is 0 Å². The normalized spacial score (nSPS) is 17.1. The Bertz CT molecular complexity index is 896. The van der Waals surface area contributed by atoms with E-state index in [-0.39, 0.29) is 11.7 Å². The van der Waals surface area contributed by atoms with Gasteiger partial charge in [0.2, 0.25) is 0 Å². The van der Waals surface area contributed by atoms with Crippen LogP contribution in [0.15, 0.2) is 44.5 Å². The van der Waals surface area contributed by atoms with Crippen LogP contribution in [0.4, 0.5) is 10.2 Å². The summed E-state index contributed by atoms with van der Waals surface area (Å²) in [6.45, 7) is 3.48. The summed E-state index contributed by atoms with van der Waals surface area (Å²) in [5, 5.41) is 12.8. The van der Waals surface area contributed by atoms with Crippen molar-refractivity contribution < 1.29 is 13.7 Å². The molecule has 2 heterocycles. The van der Waals surface area contributed by atoms with E-state index in [1.54, 1.807) is 32.0 Å². The molecular formula is C16H14BrFN4O2S. The fourth-order valence-electron chi connectivity index (χ4n) is 2.55. The lowest BCUT2D eigenvalue weighted by atomic mass is 9.95. The third kappa shape index (κ3) is 3.72. The van der Waals surface area contributed by atoms with E-state index in [9.17, 15) is 9.18 Å². The monoisotopic (exact) mass is 424 g/mol. The van der Waals surface area contributed by atoms with Crippen molar-refractivity contribution in [2.24, 2.45) is 0 Å². The quantitative estimate of drug-likeness (QED) is 0.655. The highest BCUT2D eigenvalue weighted by molar-refractivity contribution is 9.10. The molecule has 0 saturated heterocycles.